The molecule has 0 spiro atoms. The molecule has 3 heterocycles. The van der Waals surface area contributed by atoms with Crippen LogP contribution in [-0.2, 0) is 6.54 Å². The fraction of sp³-hybridized carbons (Fsp3) is 0.269. The molecule has 0 atom stereocenters. The van der Waals surface area contributed by atoms with E-state index in [0.717, 1.165) is 42.1 Å². The Kier molecular flexibility index (Phi) is 6.53. The Bertz CT molecular complexity index is 1210. The van der Waals surface area contributed by atoms with E-state index >= 15 is 0 Å². The van der Waals surface area contributed by atoms with Gasteiger partial charge in [0.25, 0.3) is 0 Å². The number of benzene rings is 1. The van der Waals surface area contributed by atoms with Crippen LogP contribution in [0.3, 0.4) is 0 Å². The Morgan fingerprint density at radius 2 is 1.65 bits per heavy atom. The average Bonchev–Trinajstić information content (AvgIpc) is 3.14. The van der Waals surface area contributed by atoms with Gasteiger partial charge in [-0.1, -0.05) is 38.1 Å². The van der Waals surface area contributed by atoms with Crippen molar-refractivity contribution in [1.82, 2.24) is 19.9 Å². The van der Waals surface area contributed by atoms with E-state index in [1.165, 1.54) is 24.5 Å². The number of nitrogens with one attached hydrogen (secondary N) is 1. The number of rotatable bonds is 8. The molecule has 31 heavy (non-hydrogen) atoms. The number of H-pyrrole nitrogens is 1. The zero-order valence-electron chi connectivity index (χ0n) is 18.1. The van der Waals surface area contributed by atoms with Crippen molar-refractivity contribution < 1.29 is 0 Å². The van der Waals surface area contributed by atoms with Crippen LogP contribution in [0.15, 0.2) is 71.8 Å². The van der Waals surface area contributed by atoms with Gasteiger partial charge < -0.3 is 4.98 Å². The third-order valence-corrected chi connectivity index (χ3v) is 5.41. The smallest absolute Gasteiger partial charge is 0.189 e. The fourth-order valence-electron chi connectivity index (χ4n) is 3.92. The second kappa shape index (κ2) is 9.67. The van der Waals surface area contributed by atoms with Crippen LogP contribution in [0, 0.1) is 0 Å². The molecule has 0 aliphatic heterocycles. The summed E-state index contributed by atoms with van der Waals surface area (Å²) in [6, 6.07) is 17.7. The highest BCUT2D eigenvalue weighted by molar-refractivity contribution is 5.83. The van der Waals surface area contributed by atoms with Crippen molar-refractivity contribution in [3.63, 3.8) is 0 Å². The highest BCUT2D eigenvalue weighted by atomic mass is 16.1. The van der Waals surface area contributed by atoms with Crippen molar-refractivity contribution in [2.75, 3.05) is 13.1 Å². The topological polar surface area (TPSA) is 61.9 Å². The van der Waals surface area contributed by atoms with Crippen molar-refractivity contribution >= 4 is 11.0 Å². The molecule has 0 aliphatic carbocycles. The summed E-state index contributed by atoms with van der Waals surface area (Å²) in [5.74, 6) is 0. The number of hydrogen-bond donors (Lipinski definition) is 1. The molecule has 0 unspecified atom stereocenters. The van der Waals surface area contributed by atoms with Crippen molar-refractivity contribution in [1.29, 1.82) is 0 Å². The van der Waals surface area contributed by atoms with Crippen molar-refractivity contribution in [2.24, 2.45) is 0 Å². The van der Waals surface area contributed by atoms with Gasteiger partial charge in [0, 0.05) is 35.8 Å². The largest absolute Gasteiger partial charge is 0.339 e. The molecular weight excluding hydrogens is 384 g/mol. The molecule has 5 nitrogen and oxygen atoms in total. The Morgan fingerprint density at radius 3 is 2.39 bits per heavy atom. The van der Waals surface area contributed by atoms with Gasteiger partial charge in [0.1, 0.15) is 5.65 Å². The maximum atomic E-state index is 12.2. The van der Waals surface area contributed by atoms with Gasteiger partial charge in [-0.05, 0) is 61.8 Å². The zero-order valence-corrected chi connectivity index (χ0v) is 18.1. The van der Waals surface area contributed by atoms with Crippen LogP contribution in [0.25, 0.3) is 33.5 Å². The van der Waals surface area contributed by atoms with Gasteiger partial charge in [-0.15, -0.1) is 0 Å². The first-order chi connectivity index (χ1) is 15.2. The molecule has 4 aromatic rings. The van der Waals surface area contributed by atoms with Gasteiger partial charge in [-0.25, -0.2) is 4.98 Å². The number of pyridine rings is 1. The van der Waals surface area contributed by atoms with Crippen LogP contribution in [0.5, 0.6) is 0 Å². The van der Waals surface area contributed by atoms with Crippen molar-refractivity contribution in [2.45, 2.75) is 33.2 Å². The third kappa shape index (κ3) is 4.89. The Hall–Kier alpha value is -3.31. The first-order valence-corrected chi connectivity index (χ1v) is 10.9. The summed E-state index contributed by atoms with van der Waals surface area (Å²) in [6.07, 6.45) is 5.78. The molecule has 0 saturated heterocycles. The highest BCUT2D eigenvalue weighted by Crippen LogP contribution is 2.26. The monoisotopic (exact) mass is 412 g/mol. The minimum atomic E-state index is -0.0416. The van der Waals surface area contributed by atoms with Crippen molar-refractivity contribution in [3.05, 3.63) is 82.8 Å². The SMILES string of the molecule is CCCN(CCC)Cc1ccc(-c2cc(-c3cc4c(=O)cccnc4[nH]3)ccn2)cc1. The molecule has 0 aliphatic rings. The lowest BCUT2D eigenvalue weighted by Gasteiger charge is -2.21. The summed E-state index contributed by atoms with van der Waals surface area (Å²) in [5.41, 5.74) is 5.69. The number of fused-ring (bicyclic) bond motifs is 1. The molecule has 3 aromatic heterocycles. The number of nitrogens with zero attached hydrogens (tertiary/aromatic N) is 3. The maximum absolute atomic E-state index is 12.2. The predicted octanol–water partition coefficient (Wildman–Crippen LogP) is 5.27. The summed E-state index contributed by atoms with van der Waals surface area (Å²) < 4.78 is 0. The highest BCUT2D eigenvalue weighted by Gasteiger charge is 2.09. The summed E-state index contributed by atoms with van der Waals surface area (Å²) in [7, 11) is 0. The van der Waals surface area contributed by atoms with Crippen LogP contribution in [-0.4, -0.2) is 32.9 Å². The van der Waals surface area contributed by atoms with Gasteiger partial charge in [-0.3, -0.25) is 14.7 Å². The molecule has 1 N–H and O–H groups in total. The summed E-state index contributed by atoms with van der Waals surface area (Å²) in [5, 5.41) is 0.589. The number of hydrogen-bond acceptors (Lipinski definition) is 4. The molecule has 158 valence electrons. The molecular formula is C26H28N4O. The fourth-order valence-corrected chi connectivity index (χ4v) is 3.92. The summed E-state index contributed by atoms with van der Waals surface area (Å²) in [4.78, 5) is 26.9. The van der Waals surface area contributed by atoms with Gasteiger partial charge in [0.05, 0.1) is 11.1 Å². The third-order valence-electron chi connectivity index (χ3n) is 5.41. The van der Waals surface area contributed by atoms with E-state index < -0.39 is 0 Å². The molecule has 0 bridgehead atoms. The van der Waals surface area contributed by atoms with E-state index in [2.05, 4.69) is 58.0 Å². The Labute approximate surface area is 182 Å². The van der Waals surface area contributed by atoms with E-state index in [1.54, 1.807) is 18.5 Å². The summed E-state index contributed by atoms with van der Waals surface area (Å²) in [6.45, 7) is 7.69. The Morgan fingerprint density at radius 1 is 0.871 bits per heavy atom. The van der Waals surface area contributed by atoms with Crippen LogP contribution in [0.4, 0.5) is 0 Å². The normalized spacial score (nSPS) is 11.3. The van der Waals surface area contributed by atoms with E-state index in [1.807, 2.05) is 18.2 Å². The minimum absolute atomic E-state index is 0.0416. The lowest BCUT2D eigenvalue weighted by atomic mass is 10.1. The second-order valence-electron chi connectivity index (χ2n) is 7.85. The molecule has 0 radical (unpaired) electrons. The molecule has 4 rings (SSSR count). The lowest BCUT2D eigenvalue weighted by molar-refractivity contribution is 0.266. The molecule has 0 saturated carbocycles. The quantitative estimate of drug-likeness (QED) is 0.428. The van der Waals surface area contributed by atoms with Gasteiger partial charge in [0.15, 0.2) is 5.43 Å². The number of aromatic nitrogens is 3. The molecule has 1 aromatic carbocycles. The van der Waals surface area contributed by atoms with Gasteiger partial charge in [-0.2, -0.15) is 0 Å². The van der Waals surface area contributed by atoms with Crippen LogP contribution >= 0.6 is 0 Å². The molecule has 0 amide bonds. The lowest BCUT2D eigenvalue weighted by Crippen LogP contribution is -2.24. The van der Waals surface area contributed by atoms with Crippen LogP contribution in [0.2, 0.25) is 0 Å². The standard InChI is InChI=1S/C26H28N4O/c1-3-14-30(15-4-2)18-19-7-9-20(10-8-19)23-16-21(11-13-27-23)24-17-22-25(31)6-5-12-28-26(22)29-24/h5-13,16-17,29H,3-4,14-15,18H2,1-2H3. The molecule has 0 fully saturated rings. The van der Waals surface area contributed by atoms with E-state index in [-0.39, 0.29) is 5.43 Å². The van der Waals surface area contributed by atoms with Crippen molar-refractivity contribution in [3.8, 4) is 22.5 Å². The molecule has 5 heteroatoms. The predicted molar refractivity (Wildman–Crippen MR) is 127 cm³/mol. The van der Waals surface area contributed by atoms with Gasteiger partial charge >= 0.3 is 0 Å². The first kappa shape index (κ1) is 20.9. The summed E-state index contributed by atoms with van der Waals surface area (Å²) >= 11 is 0. The Balaban J connectivity index is 1.59. The minimum Gasteiger partial charge on any atom is -0.339 e. The van der Waals surface area contributed by atoms with E-state index in [0.29, 0.717) is 11.0 Å². The van der Waals surface area contributed by atoms with Crippen LogP contribution < -0.4 is 5.43 Å². The zero-order chi connectivity index (χ0) is 21.6. The average molecular weight is 413 g/mol. The number of aromatic amines is 1. The van der Waals surface area contributed by atoms with E-state index in [4.69, 9.17) is 0 Å². The van der Waals surface area contributed by atoms with E-state index in [9.17, 15) is 4.79 Å². The van der Waals surface area contributed by atoms with Crippen LogP contribution in [0.1, 0.15) is 32.3 Å². The second-order valence-corrected chi connectivity index (χ2v) is 7.85. The maximum Gasteiger partial charge on any atom is 0.189 e. The van der Waals surface area contributed by atoms with Gasteiger partial charge in [0.2, 0.25) is 0 Å². The first-order valence-electron chi connectivity index (χ1n) is 10.9.